The molecular weight excluding hydrogens is 284 g/mol. The average Bonchev–Trinajstić information content (AvgIpc) is 2.53. The molecule has 22 heavy (non-hydrogen) atoms. The fourth-order valence-electron chi connectivity index (χ4n) is 2.55. The van der Waals surface area contributed by atoms with Gasteiger partial charge in [-0.2, -0.15) is 0 Å². The molecule has 0 unspecified atom stereocenters. The summed E-state index contributed by atoms with van der Waals surface area (Å²) in [5, 5.41) is 3.18. The van der Waals surface area contributed by atoms with E-state index < -0.39 is 18.0 Å². The monoisotopic (exact) mass is 306 g/mol. The van der Waals surface area contributed by atoms with Gasteiger partial charge in [0, 0.05) is 24.9 Å². The van der Waals surface area contributed by atoms with E-state index in [-0.39, 0.29) is 12.0 Å². The van der Waals surface area contributed by atoms with Crippen molar-refractivity contribution in [1.82, 2.24) is 5.32 Å². The van der Waals surface area contributed by atoms with Gasteiger partial charge >= 0.3 is 11.9 Å². The minimum Gasteiger partial charge on any atom is -0.458 e. The van der Waals surface area contributed by atoms with Gasteiger partial charge in [0.25, 0.3) is 0 Å². The summed E-state index contributed by atoms with van der Waals surface area (Å²) < 4.78 is 10.7. The van der Waals surface area contributed by atoms with E-state index in [1.54, 1.807) is 24.3 Å². The molecule has 1 aliphatic rings. The lowest BCUT2D eigenvalue weighted by Gasteiger charge is -2.31. The molecule has 0 radical (unpaired) electrons. The van der Waals surface area contributed by atoms with Crippen LogP contribution in [-0.2, 0) is 19.1 Å². The summed E-state index contributed by atoms with van der Waals surface area (Å²) in [6.45, 7) is 3.16. The third-order valence-electron chi connectivity index (χ3n) is 3.73. The van der Waals surface area contributed by atoms with Crippen molar-refractivity contribution in [2.24, 2.45) is 11.7 Å². The Hall–Kier alpha value is -1.92. The zero-order valence-electron chi connectivity index (χ0n) is 12.7. The van der Waals surface area contributed by atoms with Gasteiger partial charge in [-0.25, -0.2) is 4.79 Å². The summed E-state index contributed by atoms with van der Waals surface area (Å²) in [6, 6.07) is 8.85. The molecule has 1 aromatic carbocycles. The van der Waals surface area contributed by atoms with Gasteiger partial charge in [-0.3, -0.25) is 4.79 Å². The molecule has 0 amide bonds. The van der Waals surface area contributed by atoms with Crippen LogP contribution in [0.1, 0.15) is 25.0 Å². The van der Waals surface area contributed by atoms with Crippen LogP contribution in [0, 0.1) is 5.92 Å². The molecule has 0 aliphatic carbocycles. The standard InChI is InChI=1S/C16H22N2O4/c1-11(19)21-15(12-5-3-2-4-6-12)16(20)22-14-10-18-8-7-13(14)9-17/h2-6,13-15,18H,7-10,17H2,1H3/t13-,14+,15-/m1/s1. The van der Waals surface area contributed by atoms with E-state index in [9.17, 15) is 9.59 Å². The molecule has 2 rings (SSSR count). The van der Waals surface area contributed by atoms with Gasteiger partial charge in [-0.05, 0) is 19.5 Å². The molecule has 6 nitrogen and oxygen atoms in total. The third-order valence-corrected chi connectivity index (χ3v) is 3.73. The number of rotatable bonds is 5. The Morgan fingerprint density at radius 1 is 1.36 bits per heavy atom. The van der Waals surface area contributed by atoms with Crippen LogP contribution in [0.5, 0.6) is 0 Å². The van der Waals surface area contributed by atoms with Crippen LogP contribution in [0.3, 0.4) is 0 Å². The Morgan fingerprint density at radius 3 is 2.73 bits per heavy atom. The number of carbonyl (C=O) groups is 2. The molecule has 120 valence electrons. The van der Waals surface area contributed by atoms with Crippen LogP contribution in [0.2, 0.25) is 0 Å². The Balaban J connectivity index is 2.10. The zero-order chi connectivity index (χ0) is 15.9. The summed E-state index contributed by atoms with van der Waals surface area (Å²) in [5.74, 6) is -0.963. The first-order valence-electron chi connectivity index (χ1n) is 7.45. The molecule has 0 spiro atoms. The van der Waals surface area contributed by atoms with Crippen molar-refractivity contribution in [3.05, 3.63) is 35.9 Å². The summed E-state index contributed by atoms with van der Waals surface area (Å²) in [5.41, 5.74) is 6.33. The minimum atomic E-state index is -1.04. The van der Waals surface area contributed by atoms with E-state index in [1.165, 1.54) is 6.92 Å². The molecule has 1 aliphatic heterocycles. The minimum absolute atomic E-state index is 0.124. The van der Waals surface area contributed by atoms with E-state index >= 15 is 0 Å². The molecule has 3 N–H and O–H groups in total. The van der Waals surface area contributed by atoms with Crippen LogP contribution >= 0.6 is 0 Å². The number of carbonyl (C=O) groups excluding carboxylic acids is 2. The summed E-state index contributed by atoms with van der Waals surface area (Å²) in [4.78, 5) is 23.7. The number of ether oxygens (including phenoxy) is 2. The van der Waals surface area contributed by atoms with Crippen molar-refractivity contribution in [2.45, 2.75) is 25.6 Å². The zero-order valence-corrected chi connectivity index (χ0v) is 12.7. The number of nitrogens with one attached hydrogen (secondary N) is 1. The average molecular weight is 306 g/mol. The molecule has 1 aromatic rings. The maximum atomic E-state index is 12.4. The highest BCUT2D eigenvalue weighted by Gasteiger charge is 2.32. The quantitative estimate of drug-likeness (QED) is 0.781. The lowest BCUT2D eigenvalue weighted by molar-refractivity contribution is -0.173. The molecule has 6 heteroatoms. The van der Waals surface area contributed by atoms with Crippen LogP contribution in [0.25, 0.3) is 0 Å². The van der Waals surface area contributed by atoms with Crippen molar-refractivity contribution in [2.75, 3.05) is 19.6 Å². The van der Waals surface area contributed by atoms with Gasteiger partial charge in [0.05, 0.1) is 0 Å². The van der Waals surface area contributed by atoms with E-state index in [2.05, 4.69) is 5.32 Å². The van der Waals surface area contributed by atoms with Crippen molar-refractivity contribution >= 4 is 11.9 Å². The SMILES string of the molecule is CC(=O)O[C@@H](C(=O)O[C@H]1CNCC[C@@H]1CN)c1ccccc1. The molecule has 0 aromatic heterocycles. The molecule has 0 saturated carbocycles. The second kappa shape index (κ2) is 7.91. The summed E-state index contributed by atoms with van der Waals surface area (Å²) in [6.07, 6.45) is -0.482. The van der Waals surface area contributed by atoms with Crippen molar-refractivity contribution in [1.29, 1.82) is 0 Å². The fraction of sp³-hybridized carbons (Fsp3) is 0.500. The number of piperidine rings is 1. The van der Waals surface area contributed by atoms with E-state index in [0.29, 0.717) is 18.7 Å². The maximum absolute atomic E-state index is 12.4. The first-order valence-corrected chi connectivity index (χ1v) is 7.45. The molecule has 1 fully saturated rings. The van der Waals surface area contributed by atoms with E-state index in [0.717, 1.165) is 13.0 Å². The van der Waals surface area contributed by atoms with Crippen LogP contribution < -0.4 is 11.1 Å². The van der Waals surface area contributed by atoms with Crippen LogP contribution in [0.4, 0.5) is 0 Å². The van der Waals surface area contributed by atoms with E-state index in [4.69, 9.17) is 15.2 Å². The summed E-state index contributed by atoms with van der Waals surface area (Å²) >= 11 is 0. The number of benzene rings is 1. The lowest BCUT2D eigenvalue weighted by Crippen LogP contribution is -2.46. The Labute approximate surface area is 130 Å². The van der Waals surface area contributed by atoms with Crippen molar-refractivity contribution in [3.8, 4) is 0 Å². The highest BCUT2D eigenvalue weighted by Crippen LogP contribution is 2.22. The number of hydrogen-bond donors (Lipinski definition) is 2. The Bertz CT molecular complexity index is 506. The maximum Gasteiger partial charge on any atom is 0.352 e. The molecule has 0 bridgehead atoms. The van der Waals surface area contributed by atoms with Gasteiger partial charge in [0.2, 0.25) is 6.10 Å². The summed E-state index contributed by atoms with van der Waals surface area (Å²) in [7, 11) is 0. The van der Waals surface area contributed by atoms with Gasteiger partial charge in [0.1, 0.15) is 6.10 Å². The van der Waals surface area contributed by atoms with Crippen molar-refractivity contribution < 1.29 is 19.1 Å². The second-order valence-corrected chi connectivity index (χ2v) is 5.36. The van der Waals surface area contributed by atoms with Crippen LogP contribution in [0.15, 0.2) is 30.3 Å². The molecule has 1 heterocycles. The largest absolute Gasteiger partial charge is 0.458 e. The first kappa shape index (κ1) is 16.5. The molecule has 3 atom stereocenters. The van der Waals surface area contributed by atoms with Gasteiger partial charge < -0.3 is 20.5 Å². The predicted molar refractivity (Wildman–Crippen MR) is 80.9 cm³/mol. The Morgan fingerprint density at radius 2 is 2.09 bits per heavy atom. The van der Waals surface area contributed by atoms with E-state index in [1.807, 2.05) is 6.07 Å². The lowest BCUT2D eigenvalue weighted by atomic mass is 9.95. The molecule has 1 saturated heterocycles. The highest BCUT2D eigenvalue weighted by atomic mass is 16.6. The fourth-order valence-corrected chi connectivity index (χ4v) is 2.55. The Kier molecular flexibility index (Phi) is 5.91. The third kappa shape index (κ3) is 4.29. The number of nitrogens with two attached hydrogens (primary N) is 1. The normalized spacial score (nSPS) is 22.6. The topological polar surface area (TPSA) is 90.7 Å². The first-order chi connectivity index (χ1) is 10.6. The van der Waals surface area contributed by atoms with Crippen LogP contribution in [-0.4, -0.2) is 37.7 Å². The molecular formula is C16H22N2O4. The second-order valence-electron chi connectivity index (χ2n) is 5.36. The smallest absolute Gasteiger partial charge is 0.352 e. The van der Waals surface area contributed by atoms with Crippen molar-refractivity contribution in [3.63, 3.8) is 0 Å². The number of esters is 2. The number of hydrogen-bond acceptors (Lipinski definition) is 6. The van der Waals surface area contributed by atoms with Gasteiger partial charge in [-0.1, -0.05) is 30.3 Å². The van der Waals surface area contributed by atoms with Gasteiger partial charge in [-0.15, -0.1) is 0 Å². The highest BCUT2D eigenvalue weighted by molar-refractivity contribution is 5.80. The predicted octanol–water partition coefficient (Wildman–Crippen LogP) is 0.771. The van der Waals surface area contributed by atoms with Gasteiger partial charge in [0.15, 0.2) is 0 Å².